The molecule has 128 valence electrons. The number of urea groups is 1. The van der Waals surface area contributed by atoms with E-state index in [4.69, 9.17) is 4.74 Å². The van der Waals surface area contributed by atoms with Crippen molar-refractivity contribution in [1.29, 1.82) is 0 Å². The van der Waals surface area contributed by atoms with Crippen molar-refractivity contribution in [3.05, 3.63) is 24.3 Å². The van der Waals surface area contributed by atoms with Gasteiger partial charge in [-0.3, -0.25) is 4.31 Å². The van der Waals surface area contributed by atoms with Crippen molar-refractivity contribution in [2.24, 2.45) is 0 Å². The summed E-state index contributed by atoms with van der Waals surface area (Å²) in [4.78, 5) is 11.6. The van der Waals surface area contributed by atoms with Crippen molar-refractivity contribution >= 4 is 21.7 Å². The molecule has 0 bridgehead atoms. The lowest BCUT2D eigenvalue weighted by Gasteiger charge is -2.24. The predicted octanol–water partition coefficient (Wildman–Crippen LogP) is 1.31. The third-order valence-corrected chi connectivity index (χ3v) is 4.53. The molecular formula is C15H23N3O4S. The van der Waals surface area contributed by atoms with Gasteiger partial charge < -0.3 is 15.4 Å². The Hall–Kier alpha value is -1.96. The molecule has 1 aromatic carbocycles. The summed E-state index contributed by atoms with van der Waals surface area (Å²) in [5, 5.41) is 5.48. The molecule has 7 nitrogen and oxygen atoms in total. The molecule has 0 aromatic heterocycles. The molecule has 23 heavy (non-hydrogen) atoms. The fourth-order valence-electron chi connectivity index (χ4n) is 2.14. The number of ether oxygens (including phenoxy) is 1. The van der Waals surface area contributed by atoms with E-state index in [9.17, 15) is 13.2 Å². The van der Waals surface area contributed by atoms with Crippen LogP contribution in [0.5, 0.6) is 5.75 Å². The van der Waals surface area contributed by atoms with Crippen molar-refractivity contribution in [2.45, 2.75) is 25.8 Å². The van der Waals surface area contributed by atoms with Crippen LogP contribution >= 0.6 is 0 Å². The largest absolute Gasteiger partial charge is 0.492 e. The third-order valence-electron chi connectivity index (χ3n) is 3.35. The van der Waals surface area contributed by atoms with Gasteiger partial charge in [0.25, 0.3) is 0 Å². The zero-order valence-corrected chi connectivity index (χ0v) is 14.2. The van der Waals surface area contributed by atoms with Gasteiger partial charge in [-0.25, -0.2) is 13.2 Å². The third kappa shape index (κ3) is 5.31. The Bertz CT molecular complexity index is 644. The van der Waals surface area contributed by atoms with E-state index in [1.165, 1.54) is 4.31 Å². The minimum atomic E-state index is -3.49. The quantitative estimate of drug-likeness (QED) is 0.746. The molecule has 0 atom stereocenters. The maximum absolute atomic E-state index is 12.1. The van der Waals surface area contributed by atoms with E-state index in [1.54, 1.807) is 24.3 Å². The molecule has 0 heterocycles. The van der Waals surface area contributed by atoms with Gasteiger partial charge in [0.15, 0.2) is 0 Å². The SMILES string of the molecule is CCOc1ccccc1N(CCNC(=O)NC1CC1)S(C)(=O)=O. The summed E-state index contributed by atoms with van der Waals surface area (Å²) in [6, 6.07) is 6.96. The van der Waals surface area contributed by atoms with Gasteiger partial charge in [0.2, 0.25) is 10.0 Å². The minimum Gasteiger partial charge on any atom is -0.492 e. The highest BCUT2D eigenvalue weighted by Crippen LogP contribution is 2.29. The molecule has 0 radical (unpaired) electrons. The molecule has 2 rings (SSSR count). The Kier molecular flexibility index (Phi) is 5.70. The molecule has 2 amide bonds. The number of benzene rings is 1. The Morgan fingerprint density at radius 3 is 2.65 bits per heavy atom. The number of amides is 2. The molecular weight excluding hydrogens is 318 g/mol. The monoisotopic (exact) mass is 341 g/mol. The first-order chi connectivity index (χ1) is 10.9. The van der Waals surface area contributed by atoms with Gasteiger partial charge in [0.05, 0.1) is 25.1 Å². The molecule has 8 heteroatoms. The van der Waals surface area contributed by atoms with E-state index in [1.807, 2.05) is 6.92 Å². The lowest BCUT2D eigenvalue weighted by Crippen LogP contribution is -2.42. The zero-order chi connectivity index (χ0) is 16.9. The van der Waals surface area contributed by atoms with Crippen LogP contribution in [0.25, 0.3) is 0 Å². The lowest BCUT2D eigenvalue weighted by atomic mass is 10.3. The van der Waals surface area contributed by atoms with Crippen LogP contribution in [0.4, 0.5) is 10.5 Å². The maximum Gasteiger partial charge on any atom is 0.315 e. The second kappa shape index (κ2) is 7.54. The summed E-state index contributed by atoms with van der Waals surface area (Å²) in [5.74, 6) is 0.503. The fraction of sp³-hybridized carbons (Fsp3) is 0.533. The van der Waals surface area contributed by atoms with Crippen LogP contribution in [-0.4, -0.2) is 46.4 Å². The number of nitrogens with zero attached hydrogens (tertiary/aromatic N) is 1. The van der Waals surface area contributed by atoms with Gasteiger partial charge in [-0.1, -0.05) is 12.1 Å². The zero-order valence-electron chi connectivity index (χ0n) is 13.4. The number of carbonyl (C=O) groups excluding carboxylic acids is 1. The highest BCUT2D eigenvalue weighted by molar-refractivity contribution is 7.92. The van der Waals surface area contributed by atoms with Crippen molar-refractivity contribution in [2.75, 3.05) is 30.3 Å². The Balaban J connectivity index is 2.04. The molecule has 1 fully saturated rings. The molecule has 0 unspecified atom stereocenters. The van der Waals surface area contributed by atoms with Crippen molar-refractivity contribution in [3.8, 4) is 5.75 Å². The van der Waals surface area contributed by atoms with Crippen LogP contribution in [0.15, 0.2) is 24.3 Å². The number of anilines is 1. The summed E-state index contributed by atoms with van der Waals surface area (Å²) in [6.07, 6.45) is 3.15. The summed E-state index contributed by atoms with van der Waals surface area (Å²) >= 11 is 0. The topological polar surface area (TPSA) is 87.7 Å². The normalized spacial score (nSPS) is 14.2. The number of nitrogens with one attached hydrogen (secondary N) is 2. The molecule has 0 aliphatic heterocycles. The van der Waals surface area contributed by atoms with Gasteiger partial charge >= 0.3 is 6.03 Å². The molecule has 1 saturated carbocycles. The van der Waals surface area contributed by atoms with Gasteiger partial charge in [-0.15, -0.1) is 0 Å². The summed E-state index contributed by atoms with van der Waals surface area (Å²) in [5.41, 5.74) is 0.473. The van der Waals surface area contributed by atoms with Crippen molar-refractivity contribution in [3.63, 3.8) is 0 Å². The average Bonchev–Trinajstić information content (AvgIpc) is 3.27. The molecule has 1 aliphatic rings. The number of hydrogen-bond acceptors (Lipinski definition) is 4. The maximum atomic E-state index is 12.1. The van der Waals surface area contributed by atoms with Crippen LogP contribution in [0.2, 0.25) is 0 Å². The number of hydrogen-bond donors (Lipinski definition) is 2. The second-order valence-corrected chi connectivity index (χ2v) is 7.32. The standard InChI is InChI=1S/C15H23N3O4S/c1-3-22-14-7-5-4-6-13(14)18(23(2,20)21)11-10-16-15(19)17-12-8-9-12/h4-7,12H,3,8-11H2,1-2H3,(H2,16,17,19). The number of carbonyl (C=O) groups is 1. The van der Waals surface area contributed by atoms with Crippen LogP contribution in [0.1, 0.15) is 19.8 Å². The van der Waals surface area contributed by atoms with Crippen molar-refractivity contribution < 1.29 is 17.9 Å². The first kappa shape index (κ1) is 17.4. The van der Waals surface area contributed by atoms with Gasteiger partial charge in [-0.2, -0.15) is 0 Å². The summed E-state index contributed by atoms with van der Waals surface area (Å²) in [7, 11) is -3.49. The minimum absolute atomic E-state index is 0.140. The summed E-state index contributed by atoms with van der Waals surface area (Å²) < 4.78 is 30.9. The van der Waals surface area contributed by atoms with E-state index in [-0.39, 0.29) is 25.2 Å². The number of para-hydroxylation sites is 2. The summed E-state index contributed by atoms with van der Waals surface area (Å²) in [6.45, 7) is 2.63. The van der Waals surface area contributed by atoms with E-state index < -0.39 is 10.0 Å². The average molecular weight is 341 g/mol. The van der Waals surface area contributed by atoms with Crippen LogP contribution in [0.3, 0.4) is 0 Å². The van der Waals surface area contributed by atoms with E-state index in [0.717, 1.165) is 19.1 Å². The van der Waals surface area contributed by atoms with Gasteiger partial charge in [0, 0.05) is 12.6 Å². The van der Waals surface area contributed by atoms with Gasteiger partial charge in [-0.05, 0) is 31.9 Å². The molecule has 0 saturated heterocycles. The molecule has 1 aliphatic carbocycles. The molecule has 2 N–H and O–H groups in total. The highest BCUT2D eigenvalue weighted by atomic mass is 32.2. The number of sulfonamides is 1. The van der Waals surface area contributed by atoms with Crippen LogP contribution < -0.4 is 19.7 Å². The highest BCUT2D eigenvalue weighted by Gasteiger charge is 2.24. The van der Waals surface area contributed by atoms with E-state index in [2.05, 4.69) is 10.6 Å². The molecule has 0 spiro atoms. The van der Waals surface area contributed by atoms with Crippen molar-refractivity contribution in [1.82, 2.24) is 10.6 Å². The predicted molar refractivity (Wildman–Crippen MR) is 89.4 cm³/mol. The van der Waals surface area contributed by atoms with Crippen LogP contribution in [0, 0.1) is 0 Å². The fourth-order valence-corrected chi connectivity index (χ4v) is 3.07. The van der Waals surface area contributed by atoms with E-state index in [0.29, 0.717) is 18.0 Å². The Morgan fingerprint density at radius 1 is 1.35 bits per heavy atom. The Morgan fingerprint density at radius 2 is 2.04 bits per heavy atom. The van der Waals surface area contributed by atoms with Gasteiger partial charge in [0.1, 0.15) is 5.75 Å². The lowest BCUT2D eigenvalue weighted by molar-refractivity contribution is 0.241. The van der Waals surface area contributed by atoms with Crippen LogP contribution in [-0.2, 0) is 10.0 Å². The van der Waals surface area contributed by atoms with E-state index >= 15 is 0 Å². The second-order valence-electron chi connectivity index (χ2n) is 5.41. The first-order valence-corrected chi connectivity index (χ1v) is 9.50. The smallest absolute Gasteiger partial charge is 0.315 e. The molecule has 1 aromatic rings. The first-order valence-electron chi connectivity index (χ1n) is 7.65. The number of rotatable bonds is 8. The Labute approximate surface area is 137 Å².